The van der Waals surface area contributed by atoms with E-state index in [2.05, 4.69) is 0 Å². The molecule has 1 aromatic rings. The second-order valence-corrected chi connectivity index (χ2v) is 7.89. The van der Waals surface area contributed by atoms with Gasteiger partial charge in [0.15, 0.2) is 0 Å². The van der Waals surface area contributed by atoms with Crippen LogP contribution in [0.15, 0.2) is 12.1 Å². The highest BCUT2D eigenvalue weighted by Crippen LogP contribution is 2.45. The maximum atomic E-state index is 12.1. The highest BCUT2D eigenvalue weighted by molar-refractivity contribution is 7.46. The molecule has 8 nitrogen and oxygen atoms in total. The van der Waals surface area contributed by atoms with Gasteiger partial charge in [0, 0.05) is 11.0 Å². The number of phosphoric acid groups is 1. The molecule has 1 rings (SSSR count). The highest BCUT2D eigenvalue weighted by Gasteiger charge is 2.33. The standard InChI is InChI=1S/C17H25O8P/c1-5-6-24-15(20)10-17(3,4)16-12(9-14(18)19)7-11(2)8-13(16)25-26(21,22)23/h7-8H,5-6,9-10H2,1-4H3,(H,18,19)(H2,21,22,23). The molecule has 0 saturated heterocycles. The lowest BCUT2D eigenvalue weighted by molar-refractivity contribution is -0.145. The first-order chi connectivity index (χ1) is 11.9. The fourth-order valence-corrected chi connectivity index (χ4v) is 3.21. The van der Waals surface area contributed by atoms with E-state index in [9.17, 15) is 29.0 Å². The van der Waals surface area contributed by atoms with Gasteiger partial charge in [0.25, 0.3) is 0 Å². The molecule has 0 unspecified atom stereocenters. The number of rotatable bonds is 9. The third-order valence-corrected chi connectivity index (χ3v) is 4.05. The van der Waals surface area contributed by atoms with Gasteiger partial charge in [-0.25, -0.2) is 4.57 Å². The van der Waals surface area contributed by atoms with Crippen LogP contribution in [0.4, 0.5) is 0 Å². The molecular formula is C17H25O8P. The van der Waals surface area contributed by atoms with Crippen LogP contribution in [0.1, 0.15) is 50.3 Å². The van der Waals surface area contributed by atoms with Crippen LogP contribution < -0.4 is 4.52 Å². The van der Waals surface area contributed by atoms with Crippen LogP contribution in [0.5, 0.6) is 5.75 Å². The van der Waals surface area contributed by atoms with Crippen LogP contribution in [0.25, 0.3) is 0 Å². The van der Waals surface area contributed by atoms with Crippen LogP contribution in [-0.2, 0) is 30.7 Å². The Hall–Kier alpha value is -1.89. The summed E-state index contributed by atoms with van der Waals surface area (Å²) in [6.07, 6.45) is 0.190. The summed E-state index contributed by atoms with van der Waals surface area (Å²) in [5, 5.41) is 9.18. The minimum absolute atomic E-state index is 0.0970. The van der Waals surface area contributed by atoms with Crippen LogP contribution in [0.2, 0.25) is 0 Å². The van der Waals surface area contributed by atoms with Crippen molar-refractivity contribution in [2.24, 2.45) is 0 Å². The number of carbonyl (C=O) groups excluding carboxylic acids is 1. The molecule has 0 aliphatic heterocycles. The zero-order valence-electron chi connectivity index (χ0n) is 15.3. The van der Waals surface area contributed by atoms with E-state index < -0.39 is 25.2 Å². The van der Waals surface area contributed by atoms with Crippen molar-refractivity contribution in [2.45, 2.75) is 52.4 Å². The average Bonchev–Trinajstić information content (AvgIpc) is 2.40. The SMILES string of the molecule is CCCOC(=O)CC(C)(C)c1c(CC(=O)O)cc(C)cc1OP(=O)(O)O. The highest BCUT2D eigenvalue weighted by atomic mass is 31.2. The summed E-state index contributed by atoms with van der Waals surface area (Å²) in [5.41, 5.74) is 0.211. The number of hydrogen-bond donors (Lipinski definition) is 3. The number of ether oxygens (including phenoxy) is 1. The maximum Gasteiger partial charge on any atom is 0.524 e. The summed E-state index contributed by atoms with van der Waals surface area (Å²) >= 11 is 0. The van der Waals surface area contributed by atoms with Crippen molar-refractivity contribution in [1.29, 1.82) is 0 Å². The van der Waals surface area contributed by atoms with Crippen molar-refractivity contribution in [3.05, 3.63) is 28.8 Å². The molecular weight excluding hydrogens is 363 g/mol. The monoisotopic (exact) mass is 388 g/mol. The molecule has 9 heteroatoms. The van der Waals surface area contributed by atoms with Crippen molar-refractivity contribution in [2.75, 3.05) is 6.61 Å². The quantitative estimate of drug-likeness (QED) is 0.435. The molecule has 0 saturated carbocycles. The number of aliphatic carboxylic acids is 1. The molecule has 0 fully saturated rings. The molecule has 0 heterocycles. The van der Waals surface area contributed by atoms with E-state index in [1.54, 1.807) is 26.8 Å². The predicted molar refractivity (Wildman–Crippen MR) is 94.1 cm³/mol. The van der Waals surface area contributed by atoms with Gasteiger partial charge in [-0.15, -0.1) is 0 Å². The Morgan fingerprint density at radius 1 is 1.23 bits per heavy atom. The van der Waals surface area contributed by atoms with Gasteiger partial charge < -0.3 is 14.4 Å². The molecule has 0 amide bonds. The van der Waals surface area contributed by atoms with E-state index in [0.29, 0.717) is 17.5 Å². The summed E-state index contributed by atoms with van der Waals surface area (Å²) in [5.74, 6) is -1.73. The number of carbonyl (C=O) groups is 2. The average molecular weight is 388 g/mol. The smallest absolute Gasteiger partial charge is 0.481 e. The normalized spacial score (nSPS) is 11.9. The van der Waals surface area contributed by atoms with Crippen molar-refractivity contribution in [1.82, 2.24) is 0 Å². The second-order valence-electron chi connectivity index (χ2n) is 6.73. The number of phosphoric ester groups is 1. The van der Waals surface area contributed by atoms with E-state index in [0.717, 1.165) is 0 Å². The second kappa shape index (κ2) is 8.66. The lowest BCUT2D eigenvalue weighted by atomic mass is 9.77. The van der Waals surface area contributed by atoms with E-state index in [1.807, 2.05) is 6.92 Å². The summed E-state index contributed by atoms with van der Waals surface area (Å²) in [4.78, 5) is 41.7. The number of aryl methyl sites for hydroxylation is 1. The Morgan fingerprint density at radius 3 is 2.35 bits per heavy atom. The molecule has 26 heavy (non-hydrogen) atoms. The molecule has 0 aromatic heterocycles. The Bertz CT molecular complexity index is 720. The number of carboxylic acid groups (broad SMARTS) is 1. The molecule has 1 aromatic carbocycles. The largest absolute Gasteiger partial charge is 0.524 e. The summed E-state index contributed by atoms with van der Waals surface area (Å²) in [6.45, 7) is 7.11. The van der Waals surface area contributed by atoms with Gasteiger partial charge in [-0.3, -0.25) is 19.4 Å². The molecule has 3 N–H and O–H groups in total. The fraction of sp³-hybridized carbons (Fsp3) is 0.529. The summed E-state index contributed by atoms with van der Waals surface area (Å²) in [6, 6.07) is 3.02. The minimum Gasteiger partial charge on any atom is -0.481 e. The molecule has 0 aliphatic rings. The summed E-state index contributed by atoms with van der Waals surface area (Å²) in [7, 11) is -4.87. The Morgan fingerprint density at radius 2 is 1.85 bits per heavy atom. The van der Waals surface area contributed by atoms with Crippen LogP contribution in [-0.4, -0.2) is 33.4 Å². The van der Waals surface area contributed by atoms with E-state index in [1.165, 1.54) is 6.07 Å². The van der Waals surface area contributed by atoms with E-state index in [-0.39, 0.29) is 30.8 Å². The molecule has 0 spiro atoms. The van der Waals surface area contributed by atoms with Crippen molar-refractivity contribution >= 4 is 19.8 Å². The summed E-state index contributed by atoms with van der Waals surface area (Å²) < 4.78 is 21.2. The van der Waals surface area contributed by atoms with E-state index >= 15 is 0 Å². The van der Waals surface area contributed by atoms with Gasteiger partial charge in [0.2, 0.25) is 0 Å². The molecule has 0 bridgehead atoms. The third kappa shape index (κ3) is 6.78. The fourth-order valence-electron chi connectivity index (χ4n) is 2.81. The first-order valence-corrected chi connectivity index (χ1v) is 9.65. The number of esters is 1. The van der Waals surface area contributed by atoms with E-state index in [4.69, 9.17) is 9.26 Å². The topological polar surface area (TPSA) is 130 Å². The van der Waals surface area contributed by atoms with Crippen molar-refractivity contribution in [3.63, 3.8) is 0 Å². The Kier molecular flexibility index (Phi) is 7.38. The van der Waals surface area contributed by atoms with Crippen LogP contribution in [0.3, 0.4) is 0 Å². The molecule has 0 aliphatic carbocycles. The first-order valence-electron chi connectivity index (χ1n) is 8.12. The van der Waals surface area contributed by atoms with Gasteiger partial charge in [-0.05, 0) is 30.5 Å². The van der Waals surface area contributed by atoms with Gasteiger partial charge in [0.05, 0.1) is 19.4 Å². The molecule has 0 atom stereocenters. The zero-order chi connectivity index (χ0) is 20.1. The zero-order valence-corrected chi connectivity index (χ0v) is 16.2. The number of benzene rings is 1. The van der Waals surface area contributed by atoms with Crippen LogP contribution >= 0.6 is 7.82 Å². The minimum atomic E-state index is -4.87. The van der Waals surface area contributed by atoms with Gasteiger partial charge >= 0.3 is 19.8 Å². The van der Waals surface area contributed by atoms with Crippen molar-refractivity contribution < 1.29 is 38.3 Å². The van der Waals surface area contributed by atoms with Crippen molar-refractivity contribution in [3.8, 4) is 5.75 Å². The number of hydrogen-bond acceptors (Lipinski definition) is 5. The van der Waals surface area contributed by atoms with Gasteiger partial charge in [-0.1, -0.05) is 26.8 Å². The predicted octanol–water partition coefficient (Wildman–Crippen LogP) is 2.71. The third-order valence-electron chi connectivity index (χ3n) is 3.62. The van der Waals surface area contributed by atoms with Gasteiger partial charge in [0.1, 0.15) is 5.75 Å². The number of carboxylic acids is 1. The van der Waals surface area contributed by atoms with Gasteiger partial charge in [-0.2, -0.15) is 0 Å². The van der Waals surface area contributed by atoms with Crippen LogP contribution in [0, 0.1) is 6.92 Å². The maximum absolute atomic E-state index is 12.1. The molecule has 0 radical (unpaired) electrons. The Balaban J connectivity index is 3.44. The Labute approximate surface area is 152 Å². The first kappa shape index (κ1) is 22.2. The lowest BCUT2D eigenvalue weighted by Gasteiger charge is -2.29. The lowest BCUT2D eigenvalue weighted by Crippen LogP contribution is -2.26. The molecule has 146 valence electrons.